The predicted octanol–water partition coefficient (Wildman–Crippen LogP) is 1.80. The SMILES string of the molecule is CCOC(=O)c1ccc(NC(=O)CN2N=N[C@H]3C(=O)N(c4ccccc4OC)C(=O)[C@H]32)cc1. The average Bonchev–Trinajstić information content (AvgIpc) is 3.33. The number of fused-ring (bicyclic) bond motifs is 1. The van der Waals surface area contributed by atoms with Crippen LogP contribution in [-0.4, -0.2) is 61.0 Å². The van der Waals surface area contributed by atoms with E-state index in [0.717, 1.165) is 4.90 Å². The Bertz CT molecular complexity index is 1130. The van der Waals surface area contributed by atoms with Crippen molar-refractivity contribution in [3.8, 4) is 5.75 Å². The summed E-state index contributed by atoms with van der Waals surface area (Å²) < 4.78 is 10.2. The zero-order valence-electron chi connectivity index (χ0n) is 17.9. The molecular formula is C22H21N5O6. The number of carbonyl (C=O) groups is 4. The van der Waals surface area contributed by atoms with Crippen LogP contribution in [-0.2, 0) is 19.1 Å². The molecule has 0 radical (unpaired) electrons. The first kappa shape index (κ1) is 21.9. The summed E-state index contributed by atoms with van der Waals surface area (Å²) in [4.78, 5) is 51.2. The minimum atomic E-state index is -1.03. The summed E-state index contributed by atoms with van der Waals surface area (Å²) in [5.41, 5.74) is 1.12. The van der Waals surface area contributed by atoms with E-state index in [1.807, 2.05) is 0 Å². The second kappa shape index (κ2) is 9.07. The fourth-order valence-electron chi connectivity index (χ4n) is 3.66. The number of nitrogens with one attached hydrogen (secondary N) is 1. The van der Waals surface area contributed by atoms with Gasteiger partial charge in [-0.3, -0.25) is 19.4 Å². The molecule has 11 nitrogen and oxygen atoms in total. The maximum absolute atomic E-state index is 13.1. The maximum Gasteiger partial charge on any atom is 0.338 e. The van der Waals surface area contributed by atoms with E-state index in [1.54, 1.807) is 43.3 Å². The number of esters is 1. The number of hydrogen-bond acceptors (Lipinski definition) is 9. The Hall–Kier alpha value is -4.28. The number of benzene rings is 2. The smallest absolute Gasteiger partial charge is 0.338 e. The number of rotatable bonds is 7. The van der Waals surface area contributed by atoms with Crippen LogP contribution in [0.3, 0.4) is 0 Å². The van der Waals surface area contributed by atoms with Gasteiger partial charge in [-0.25, -0.2) is 9.69 Å². The monoisotopic (exact) mass is 451 g/mol. The summed E-state index contributed by atoms with van der Waals surface area (Å²) in [6.07, 6.45) is 0. The fourth-order valence-corrected chi connectivity index (χ4v) is 3.66. The Balaban J connectivity index is 1.43. The van der Waals surface area contributed by atoms with Crippen LogP contribution in [0.15, 0.2) is 58.9 Å². The molecule has 4 rings (SSSR count). The molecule has 2 aromatic rings. The summed E-state index contributed by atoms with van der Waals surface area (Å²) in [5, 5.41) is 11.7. The number of para-hydroxylation sites is 2. The third kappa shape index (κ3) is 4.12. The van der Waals surface area contributed by atoms with E-state index in [0.29, 0.717) is 22.7 Å². The van der Waals surface area contributed by atoms with Crippen LogP contribution in [0.5, 0.6) is 5.75 Å². The van der Waals surface area contributed by atoms with E-state index in [-0.39, 0.29) is 13.2 Å². The van der Waals surface area contributed by atoms with Gasteiger partial charge in [-0.1, -0.05) is 17.4 Å². The topological polar surface area (TPSA) is 130 Å². The molecule has 2 atom stereocenters. The van der Waals surface area contributed by atoms with Gasteiger partial charge in [-0.05, 0) is 43.3 Å². The highest BCUT2D eigenvalue weighted by molar-refractivity contribution is 6.26. The number of methoxy groups -OCH3 is 1. The Morgan fingerprint density at radius 3 is 2.48 bits per heavy atom. The summed E-state index contributed by atoms with van der Waals surface area (Å²) >= 11 is 0. The molecule has 2 aromatic carbocycles. The van der Waals surface area contributed by atoms with Gasteiger partial charge < -0.3 is 14.8 Å². The lowest BCUT2D eigenvalue weighted by Gasteiger charge is -2.21. The second-order valence-corrected chi connectivity index (χ2v) is 7.22. The Labute approximate surface area is 188 Å². The number of nitrogens with zero attached hydrogens (tertiary/aromatic N) is 4. The van der Waals surface area contributed by atoms with Gasteiger partial charge in [0.25, 0.3) is 11.8 Å². The van der Waals surface area contributed by atoms with Gasteiger partial charge in [0, 0.05) is 5.69 Å². The zero-order valence-corrected chi connectivity index (χ0v) is 17.9. The van der Waals surface area contributed by atoms with Crippen LogP contribution in [0, 0.1) is 0 Å². The largest absolute Gasteiger partial charge is 0.495 e. The molecule has 170 valence electrons. The van der Waals surface area contributed by atoms with E-state index in [2.05, 4.69) is 15.7 Å². The lowest BCUT2D eigenvalue weighted by molar-refractivity contribution is -0.123. The van der Waals surface area contributed by atoms with Crippen LogP contribution in [0.25, 0.3) is 0 Å². The van der Waals surface area contributed by atoms with Gasteiger partial charge in [0.2, 0.25) is 5.91 Å². The molecule has 1 fully saturated rings. The number of carbonyl (C=O) groups excluding carboxylic acids is 4. The van der Waals surface area contributed by atoms with Crippen molar-refractivity contribution in [3.63, 3.8) is 0 Å². The Morgan fingerprint density at radius 1 is 1.06 bits per heavy atom. The summed E-state index contributed by atoms with van der Waals surface area (Å²) in [5.74, 6) is -1.62. The van der Waals surface area contributed by atoms with Crippen molar-refractivity contribution in [2.45, 2.75) is 19.0 Å². The van der Waals surface area contributed by atoms with Crippen LogP contribution < -0.4 is 15.0 Å². The van der Waals surface area contributed by atoms with Gasteiger partial charge in [0.1, 0.15) is 12.3 Å². The summed E-state index contributed by atoms with van der Waals surface area (Å²) in [6, 6.07) is 10.8. The minimum Gasteiger partial charge on any atom is -0.495 e. The highest BCUT2D eigenvalue weighted by atomic mass is 16.5. The van der Waals surface area contributed by atoms with Crippen LogP contribution >= 0.6 is 0 Å². The van der Waals surface area contributed by atoms with E-state index in [4.69, 9.17) is 9.47 Å². The molecule has 0 unspecified atom stereocenters. The number of imide groups is 1. The molecule has 33 heavy (non-hydrogen) atoms. The Morgan fingerprint density at radius 2 is 1.79 bits per heavy atom. The minimum absolute atomic E-state index is 0.263. The zero-order chi connectivity index (χ0) is 23.5. The third-order valence-electron chi connectivity index (χ3n) is 5.17. The standard InChI is InChI=1S/C22H21N5O6/c1-3-33-22(31)13-8-10-14(11-9-13)23-17(28)12-26-19-18(24-25-26)20(29)27(21(19)30)15-6-4-5-7-16(15)32-2/h4-11,18-19H,3,12H2,1-2H3,(H,23,28)/t18-,19+/m1/s1. The van der Waals surface area contributed by atoms with Gasteiger partial charge in [0.05, 0.1) is 25.0 Å². The van der Waals surface area contributed by atoms with Crippen molar-refractivity contribution in [1.82, 2.24) is 5.01 Å². The highest BCUT2D eigenvalue weighted by Crippen LogP contribution is 2.36. The van der Waals surface area contributed by atoms with Gasteiger partial charge in [-0.15, -0.1) is 0 Å². The third-order valence-corrected chi connectivity index (χ3v) is 5.17. The molecule has 2 aliphatic heterocycles. The number of anilines is 2. The van der Waals surface area contributed by atoms with Crippen molar-refractivity contribution in [3.05, 3.63) is 54.1 Å². The quantitative estimate of drug-likeness (QED) is 0.502. The van der Waals surface area contributed by atoms with E-state index >= 15 is 0 Å². The first-order valence-corrected chi connectivity index (χ1v) is 10.2. The van der Waals surface area contributed by atoms with Crippen molar-refractivity contribution >= 4 is 35.1 Å². The van der Waals surface area contributed by atoms with Crippen LogP contribution in [0.2, 0.25) is 0 Å². The molecule has 1 saturated heterocycles. The van der Waals surface area contributed by atoms with Crippen molar-refractivity contribution in [2.24, 2.45) is 10.3 Å². The molecule has 11 heteroatoms. The molecule has 0 bridgehead atoms. The lowest BCUT2D eigenvalue weighted by Crippen LogP contribution is -2.43. The highest BCUT2D eigenvalue weighted by Gasteiger charge is 2.55. The fraction of sp³-hybridized carbons (Fsp3) is 0.273. The first-order valence-electron chi connectivity index (χ1n) is 10.2. The first-order chi connectivity index (χ1) is 15.9. The molecule has 0 aromatic heterocycles. The van der Waals surface area contributed by atoms with Gasteiger partial charge in [0.15, 0.2) is 12.1 Å². The number of amides is 3. The molecule has 2 aliphatic rings. The molecule has 0 aliphatic carbocycles. The van der Waals surface area contributed by atoms with Crippen LogP contribution in [0.4, 0.5) is 11.4 Å². The predicted molar refractivity (Wildman–Crippen MR) is 116 cm³/mol. The van der Waals surface area contributed by atoms with Crippen LogP contribution in [0.1, 0.15) is 17.3 Å². The maximum atomic E-state index is 13.1. The molecule has 0 spiro atoms. The van der Waals surface area contributed by atoms with Crippen molar-refractivity contribution < 1.29 is 28.7 Å². The normalized spacial score (nSPS) is 19.0. The molecular weight excluding hydrogens is 430 g/mol. The Kier molecular flexibility index (Phi) is 6.03. The second-order valence-electron chi connectivity index (χ2n) is 7.22. The number of ether oxygens (including phenoxy) is 2. The summed E-state index contributed by atoms with van der Waals surface area (Å²) in [6.45, 7) is 1.69. The molecule has 0 saturated carbocycles. The van der Waals surface area contributed by atoms with Gasteiger partial charge in [-0.2, -0.15) is 5.11 Å². The van der Waals surface area contributed by atoms with E-state index < -0.39 is 35.8 Å². The molecule has 2 heterocycles. The molecule has 3 amide bonds. The lowest BCUT2D eigenvalue weighted by atomic mass is 10.1. The molecule has 1 N–H and O–H groups in total. The van der Waals surface area contributed by atoms with E-state index in [9.17, 15) is 19.2 Å². The van der Waals surface area contributed by atoms with Gasteiger partial charge >= 0.3 is 5.97 Å². The van der Waals surface area contributed by atoms with Crippen molar-refractivity contribution in [1.29, 1.82) is 0 Å². The average molecular weight is 451 g/mol. The van der Waals surface area contributed by atoms with E-state index in [1.165, 1.54) is 24.3 Å². The summed E-state index contributed by atoms with van der Waals surface area (Å²) in [7, 11) is 1.44. The number of hydrogen-bond donors (Lipinski definition) is 1. The van der Waals surface area contributed by atoms with Crippen molar-refractivity contribution in [2.75, 3.05) is 30.5 Å².